The molecule has 1 unspecified atom stereocenters. The summed E-state index contributed by atoms with van der Waals surface area (Å²) in [4.78, 5) is 15.1. The van der Waals surface area contributed by atoms with Crippen LogP contribution >= 0.6 is 11.8 Å². The van der Waals surface area contributed by atoms with E-state index in [0.717, 1.165) is 18.2 Å². The number of thioether (sulfide) groups is 1. The maximum absolute atomic E-state index is 11.2. The van der Waals surface area contributed by atoms with Crippen molar-refractivity contribution in [2.24, 2.45) is 0 Å². The molecule has 7 heteroatoms. The van der Waals surface area contributed by atoms with Crippen LogP contribution in [0.15, 0.2) is 54.9 Å². The minimum Gasteiger partial charge on any atom is -0.857 e. The number of carbonyl (C=O) groups is 1. The molecule has 22 heavy (non-hydrogen) atoms. The van der Waals surface area contributed by atoms with Gasteiger partial charge in [-0.25, -0.2) is 0 Å². The summed E-state index contributed by atoms with van der Waals surface area (Å²) in [6.07, 6.45) is 3.40. The van der Waals surface area contributed by atoms with Gasteiger partial charge < -0.3 is 15.0 Å². The van der Waals surface area contributed by atoms with Gasteiger partial charge in [0, 0.05) is 18.1 Å². The van der Waals surface area contributed by atoms with E-state index >= 15 is 0 Å². The van der Waals surface area contributed by atoms with Crippen LogP contribution in [0, 0.1) is 0 Å². The Kier molecular flexibility index (Phi) is 16.3. The minimum atomic E-state index is -1.06. The van der Waals surface area contributed by atoms with Gasteiger partial charge in [0.2, 0.25) is 0 Å². The van der Waals surface area contributed by atoms with Gasteiger partial charge in [-0.1, -0.05) is 30.3 Å². The average Bonchev–Trinajstić information content (AvgIpc) is 2.51. The first-order valence-electron chi connectivity index (χ1n) is 5.94. The number of carboxylic acids is 1. The number of rotatable bonds is 5. The molecule has 0 aliphatic heterocycles. The maximum Gasteiger partial charge on any atom is 1.00 e. The van der Waals surface area contributed by atoms with Crippen LogP contribution in [-0.4, -0.2) is 18.1 Å². The predicted molar refractivity (Wildman–Crippen MR) is 75.6 cm³/mol. The van der Waals surface area contributed by atoms with Gasteiger partial charge in [0.15, 0.2) is 0 Å². The zero-order valence-electron chi connectivity index (χ0n) is 13.1. The van der Waals surface area contributed by atoms with Crippen molar-refractivity contribution < 1.29 is 74.1 Å². The number of aromatic nitrogens is 1. The molecular formula is C15H15NNa2O3S. The molecule has 0 spiro atoms. The van der Waals surface area contributed by atoms with E-state index in [4.69, 9.17) is 5.11 Å². The van der Waals surface area contributed by atoms with Gasteiger partial charge in [-0.3, -0.25) is 4.98 Å². The third-order valence-corrected chi connectivity index (χ3v) is 3.78. The van der Waals surface area contributed by atoms with Gasteiger partial charge in [-0.2, -0.15) is 7.11 Å². The van der Waals surface area contributed by atoms with E-state index in [1.807, 2.05) is 30.3 Å². The standard InChI is InChI=1S/C14H13NO2S.CH3O.2Na/c16-14(17)13(12-4-2-1-3-5-12)18-10-11-6-8-15-9-7-11;1-2;;/h1-9,13H,10H2,(H,16,17);1H3;;/q;-1;2*+1/p-1. The van der Waals surface area contributed by atoms with Crippen molar-refractivity contribution in [2.75, 3.05) is 7.11 Å². The van der Waals surface area contributed by atoms with E-state index < -0.39 is 11.2 Å². The van der Waals surface area contributed by atoms with Crippen molar-refractivity contribution in [2.45, 2.75) is 11.0 Å². The zero-order chi connectivity index (χ0) is 14.8. The second kappa shape index (κ2) is 14.7. The van der Waals surface area contributed by atoms with Crippen LogP contribution in [0.25, 0.3) is 0 Å². The van der Waals surface area contributed by atoms with Gasteiger partial charge in [-0.15, -0.1) is 11.8 Å². The van der Waals surface area contributed by atoms with Crippen molar-refractivity contribution >= 4 is 17.7 Å². The van der Waals surface area contributed by atoms with Gasteiger partial charge >= 0.3 is 59.1 Å². The van der Waals surface area contributed by atoms with Gasteiger partial charge in [0.05, 0.1) is 11.2 Å². The Morgan fingerprint density at radius 1 is 1.09 bits per heavy atom. The molecular weight excluding hydrogens is 320 g/mol. The van der Waals surface area contributed by atoms with Gasteiger partial charge in [-0.05, 0) is 23.3 Å². The number of hydrogen-bond acceptors (Lipinski definition) is 5. The Morgan fingerprint density at radius 2 is 1.64 bits per heavy atom. The van der Waals surface area contributed by atoms with Crippen LogP contribution < -0.4 is 69.3 Å². The minimum absolute atomic E-state index is 0. The first-order chi connectivity index (χ1) is 9.77. The summed E-state index contributed by atoms with van der Waals surface area (Å²) in [5.41, 5.74) is 1.81. The topological polar surface area (TPSA) is 76.1 Å². The van der Waals surface area contributed by atoms with Crippen LogP contribution in [-0.2, 0) is 10.5 Å². The smallest absolute Gasteiger partial charge is 0.857 e. The summed E-state index contributed by atoms with van der Waals surface area (Å²) < 4.78 is 0. The van der Waals surface area contributed by atoms with Crippen LogP contribution in [0.5, 0.6) is 0 Å². The number of pyridine rings is 1. The van der Waals surface area contributed by atoms with Crippen molar-refractivity contribution in [1.29, 1.82) is 0 Å². The summed E-state index contributed by atoms with van der Waals surface area (Å²) in [6, 6.07) is 12.9. The fraction of sp³-hybridized carbons (Fsp3) is 0.200. The second-order valence-corrected chi connectivity index (χ2v) is 4.87. The number of carbonyl (C=O) groups excluding carboxylic acids is 1. The van der Waals surface area contributed by atoms with Crippen molar-refractivity contribution in [3.05, 3.63) is 66.0 Å². The van der Waals surface area contributed by atoms with E-state index in [1.165, 1.54) is 11.8 Å². The Labute approximate surface area is 179 Å². The van der Waals surface area contributed by atoms with Crippen LogP contribution in [0.4, 0.5) is 0 Å². The summed E-state index contributed by atoms with van der Waals surface area (Å²) in [5.74, 6) is -0.434. The summed E-state index contributed by atoms with van der Waals surface area (Å²) >= 11 is 1.35. The van der Waals surface area contributed by atoms with Crippen molar-refractivity contribution in [3.63, 3.8) is 0 Å². The van der Waals surface area contributed by atoms with Gasteiger partial charge in [0.25, 0.3) is 0 Å². The first-order valence-corrected chi connectivity index (χ1v) is 6.99. The molecule has 1 atom stereocenters. The van der Waals surface area contributed by atoms with Crippen molar-refractivity contribution in [1.82, 2.24) is 4.98 Å². The molecule has 2 aromatic rings. The van der Waals surface area contributed by atoms with E-state index in [9.17, 15) is 9.90 Å². The van der Waals surface area contributed by atoms with E-state index in [2.05, 4.69) is 4.98 Å². The number of aliphatic carboxylic acids is 1. The first kappa shape index (κ1) is 24.4. The quantitative estimate of drug-likeness (QED) is 0.511. The molecule has 0 amide bonds. The molecule has 1 aromatic heterocycles. The van der Waals surface area contributed by atoms with Crippen LogP contribution in [0.2, 0.25) is 0 Å². The molecule has 0 fully saturated rings. The van der Waals surface area contributed by atoms with Crippen LogP contribution in [0.1, 0.15) is 16.4 Å². The van der Waals surface area contributed by atoms with E-state index in [0.29, 0.717) is 5.75 Å². The molecule has 0 radical (unpaired) electrons. The molecule has 4 nitrogen and oxygen atoms in total. The zero-order valence-corrected chi connectivity index (χ0v) is 17.9. The molecule has 1 aromatic carbocycles. The Balaban J connectivity index is 0. The Hall–Kier alpha value is 0.150. The molecule has 2 rings (SSSR count). The molecule has 106 valence electrons. The average molecular weight is 335 g/mol. The second-order valence-electron chi connectivity index (χ2n) is 3.78. The van der Waals surface area contributed by atoms with E-state index in [-0.39, 0.29) is 59.1 Å². The molecule has 0 saturated carbocycles. The monoisotopic (exact) mass is 335 g/mol. The summed E-state index contributed by atoms with van der Waals surface area (Å²) in [5, 5.41) is 18.8. The van der Waals surface area contributed by atoms with Gasteiger partial charge in [0.1, 0.15) is 0 Å². The Bertz CT molecular complexity index is 515. The number of hydrogen-bond donors (Lipinski definition) is 0. The third kappa shape index (κ3) is 8.70. The molecule has 0 aliphatic rings. The fourth-order valence-corrected chi connectivity index (χ4v) is 2.62. The van der Waals surface area contributed by atoms with E-state index in [1.54, 1.807) is 24.5 Å². The molecule has 0 aliphatic carbocycles. The predicted octanol–water partition coefficient (Wildman–Crippen LogP) is -5.21. The number of carboxylic acid groups (broad SMARTS) is 1. The third-order valence-electron chi connectivity index (χ3n) is 2.48. The molecule has 0 saturated heterocycles. The van der Waals surface area contributed by atoms with Crippen molar-refractivity contribution in [3.8, 4) is 0 Å². The fourth-order valence-electron chi connectivity index (χ4n) is 1.59. The Morgan fingerprint density at radius 3 is 2.14 bits per heavy atom. The van der Waals surface area contributed by atoms with Crippen LogP contribution in [0.3, 0.4) is 0 Å². The number of benzene rings is 1. The maximum atomic E-state index is 11.2. The SMILES string of the molecule is C[O-].O=C([O-])C(SCc1ccncc1)c1ccccc1.[Na+].[Na+]. The summed E-state index contributed by atoms with van der Waals surface area (Å²) in [6.45, 7) is 0. The molecule has 1 heterocycles. The molecule has 0 bridgehead atoms. The normalized spacial score (nSPS) is 10.1. The number of nitrogens with zero attached hydrogens (tertiary/aromatic N) is 1. The molecule has 0 N–H and O–H groups in total. The summed E-state index contributed by atoms with van der Waals surface area (Å²) in [7, 11) is 0.750. The largest absolute Gasteiger partial charge is 1.00 e.